The van der Waals surface area contributed by atoms with Gasteiger partial charge in [-0.15, -0.1) is 0 Å². The van der Waals surface area contributed by atoms with Crippen LogP contribution in [0.5, 0.6) is 5.75 Å². The van der Waals surface area contributed by atoms with Crippen LogP contribution in [0.15, 0.2) is 18.2 Å². The Bertz CT molecular complexity index is 379. The van der Waals surface area contributed by atoms with Crippen molar-refractivity contribution in [3.8, 4) is 5.75 Å². The molecular weight excluding hydrogens is 224 g/mol. The molecule has 0 bridgehead atoms. The van der Waals surface area contributed by atoms with Crippen LogP contribution in [-0.4, -0.2) is 12.4 Å². The number of nitrogens with two attached hydrogens (primary N) is 1. The van der Waals surface area contributed by atoms with E-state index in [1.54, 1.807) is 0 Å². The number of amidine groups is 1. The van der Waals surface area contributed by atoms with Gasteiger partial charge in [0.2, 0.25) is 0 Å². The molecule has 1 aromatic carbocycles. The normalized spacial score (nSPS) is 12.2. The van der Waals surface area contributed by atoms with Gasteiger partial charge in [-0.2, -0.15) is 0 Å². The highest BCUT2D eigenvalue weighted by Gasteiger charge is 2.07. The number of hydrogen-bond donors (Lipinski definition) is 2. The van der Waals surface area contributed by atoms with Gasteiger partial charge in [-0.3, -0.25) is 5.41 Å². The molecular formula is C12H17ClN2O. The van der Waals surface area contributed by atoms with Crippen LogP contribution in [0.1, 0.15) is 19.4 Å². The van der Waals surface area contributed by atoms with E-state index < -0.39 is 0 Å². The summed E-state index contributed by atoms with van der Waals surface area (Å²) in [6.45, 7) is 4.32. The second-order valence-corrected chi connectivity index (χ2v) is 4.18. The van der Waals surface area contributed by atoms with E-state index in [1.807, 2.05) is 32.0 Å². The van der Waals surface area contributed by atoms with Crippen LogP contribution in [0.25, 0.3) is 0 Å². The monoisotopic (exact) mass is 240 g/mol. The summed E-state index contributed by atoms with van der Waals surface area (Å²) in [7, 11) is 0. The molecule has 88 valence electrons. The molecule has 3 N–H and O–H groups in total. The first kappa shape index (κ1) is 12.8. The fraction of sp³-hybridized carbons (Fsp3) is 0.417. The number of benzene rings is 1. The highest BCUT2D eigenvalue weighted by molar-refractivity contribution is 6.31. The first-order chi connectivity index (χ1) is 7.54. The predicted octanol–water partition coefficient (Wildman–Crippen LogP) is 2.85. The Morgan fingerprint density at radius 2 is 2.25 bits per heavy atom. The van der Waals surface area contributed by atoms with Gasteiger partial charge in [0.05, 0.1) is 12.4 Å². The molecule has 0 radical (unpaired) electrons. The van der Waals surface area contributed by atoms with Crippen LogP contribution in [0.4, 0.5) is 0 Å². The van der Waals surface area contributed by atoms with Crippen LogP contribution < -0.4 is 10.5 Å². The van der Waals surface area contributed by atoms with Gasteiger partial charge in [0.1, 0.15) is 5.75 Å². The summed E-state index contributed by atoms with van der Waals surface area (Å²) in [6.07, 6.45) is 0.873. The fourth-order valence-electron chi connectivity index (χ4n) is 1.22. The Balaban J connectivity index is 2.64. The van der Waals surface area contributed by atoms with E-state index in [1.165, 1.54) is 0 Å². The zero-order valence-electron chi connectivity index (χ0n) is 9.59. The van der Waals surface area contributed by atoms with E-state index in [4.69, 9.17) is 27.5 Å². The minimum absolute atomic E-state index is 0.0687. The van der Waals surface area contributed by atoms with Gasteiger partial charge in [0.25, 0.3) is 0 Å². The molecule has 0 spiro atoms. The smallest absolute Gasteiger partial charge is 0.119 e. The van der Waals surface area contributed by atoms with E-state index in [0.29, 0.717) is 6.61 Å². The molecule has 0 aliphatic carbocycles. The number of nitrogens with one attached hydrogen (secondary N) is 1. The van der Waals surface area contributed by atoms with Crippen molar-refractivity contribution >= 4 is 17.4 Å². The molecule has 0 saturated carbocycles. The molecule has 0 fully saturated rings. The van der Waals surface area contributed by atoms with Crippen LogP contribution in [0, 0.1) is 11.3 Å². The Kier molecular flexibility index (Phi) is 4.62. The van der Waals surface area contributed by atoms with Crippen molar-refractivity contribution in [3.05, 3.63) is 28.8 Å². The Morgan fingerprint density at radius 1 is 1.56 bits per heavy atom. The van der Waals surface area contributed by atoms with E-state index in [2.05, 4.69) is 0 Å². The van der Waals surface area contributed by atoms with Gasteiger partial charge in [-0.1, -0.05) is 25.4 Å². The van der Waals surface area contributed by atoms with Gasteiger partial charge in [0.15, 0.2) is 0 Å². The van der Waals surface area contributed by atoms with Crippen molar-refractivity contribution in [1.29, 1.82) is 5.41 Å². The van der Waals surface area contributed by atoms with Crippen LogP contribution in [0.2, 0.25) is 5.02 Å². The Labute approximate surface area is 101 Å². The first-order valence-corrected chi connectivity index (χ1v) is 5.67. The fourth-order valence-corrected chi connectivity index (χ4v) is 1.47. The highest BCUT2D eigenvalue weighted by Crippen LogP contribution is 2.22. The topological polar surface area (TPSA) is 59.1 Å². The molecule has 4 heteroatoms. The molecule has 0 aromatic heterocycles. The van der Waals surface area contributed by atoms with Crippen LogP contribution in [-0.2, 0) is 6.42 Å². The minimum atomic E-state index is -0.0687. The predicted molar refractivity (Wildman–Crippen MR) is 67.4 cm³/mol. The van der Waals surface area contributed by atoms with E-state index in [-0.39, 0.29) is 11.8 Å². The second-order valence-electron chi connectivity index (χ2n) is 3.77. The van der Waals surface area contributed by atoms with Crippen molar-refractivity contribution in [3.63, 3.8) is 0 Å². The standard InChI is InChI=1S/C12H17ClN2O/c1-3-9-6-10(4-5-11(9)13)16-7-8(2)12(14)15/h4-6,8H,3,7H2,1-2H3,(H3,14,15). The third kappa shape index (κ3) is 3.42. The SMILES string of the molecule is CCc1cc(OCC(C)C(=N)N)ccc1Cl. The minimum Gasteiger partial charge on any atom is -0.493 e. The third-order valence-electron chi connectivity index (χ3n) is 2.43. The average molecular weight is 241 g/mol. The summed E-state index contributed by atoms with van der Waals surface area (Å²) in [5.74, 6) is 0.847. The van der Waals surface area contributed by atoms with Gasteiger partial charge in [0, 0.05) is 10.9 Å². The summed E-state index contributed by atoms with van der Waals surface area (Å²) in [5.41, 5.74) is 6.43. The van der Waals surface area contributed by atoms with Gasteiger partial charge in [-0.05, 0) is 30.2 Å². The van der Waals surface area contributed by atoms with Crippen molar-refractivity contribution < 1.29 is 4.74 Å². The third-order valence-corrected chi connectivity index (χ3v) is 2.80. The van der Waals surface area contributed by atoms with Crippen molar-refractivity contribution in [1.82, 2.24) is 0 Å². The van der Waals surface area contributed by atoms with Crippen molar-refractivity contribution in [2.75, 3.05) is 6.61 Å². The number of halogens is 1. The average Bonchev–Trinajstić information content (AvgIpc) is 2.27. The second kappa shape index (κ2) is 5.75. The Hall–Kier alpha value is -1.22. The maximum Gasteiger partial charge on any atom is 0.119 e. The molecule has 1 atom stereocenters. The van der Waals surface area contributed by atoms with E-state index in [0.717, 1.165) is 22.8 Å². The summed E-state index contributed by atoms with van der Waals surface area (Å²) < 4.78 is 5.55. The van der Waals surface area contributed by atoms with Gasteiger partial charge < -0.3 is 10.5 Å². The number of aryl methyl sites for hydroxylation is 1. The number of hydrogen-bond acceptors (Lipinski definition) is 2. The maximum absolute atomic E-state index is 7.26. The van der Waals surface area contributed by atoms with Crippen LogP contribution >= 0.6 is 11.6 Å². The summed E-state index contributed by atoms with van der Waals surface area (Å²) in [6, 6.07) is 5.58. The van der Waals surface area contributed by atoms with Crippen molar-refractivity contribution in [2.24, 2.45) is 11.7 Å². The Morgan fingerprint density at radius 3 is 2.81 bits per heavy atom. The van der Waals surface area contributed by atoms with Crippen molar-refractivity contribution in [2.45, 2.75) is 20.3 Å². The molecule has 1 rings (SSSR count). The molecule has 0 aliphatic rings. The maximum atomic E-state index is 7.26. The largest absolute Gasteiger partial charge is 0.493 e. The lowest BCUT2D eigenvalue weighted by molar-refractivity contribution is 0.291. The molecule has 0 amide bonds. The zero-order valence-corrected chi connectivity index (χ0v) is 10.3. The summed E-state index contributed by atoms with van der Waals surface area (Å²) >= 11 is 6.00. The molecule has 0 aliphatic heterocycles. The van der Waals surface area contributed by atoms with Crippen LogP contribution in [0.3, 0.4) is 0 Å². The quantitative estimate of drug-likeness (QED) is 0.614. The van der Waals surface area contributed by atoms with E-state index in [9.17, 15) is 0 Å². The summed E-state index contributed by atoms with van der Waals surface area (Å²) in [4.78, 5) is 0. The lowest BCUT2D eigenvalue weighted by atomic mass is 10.1. The van der Waals surface area contributed by atoms with Gasteiger partial charge >= 0.3 is 0 Å². The molecule has 1 unspecified atom stereocenters. The molecule has 0 saturated heterocycles. The van der Waals surface area contributed by atoms with Gasteiger partial charge in [-0.25, -0.2) is 0 Å². The zero-order chi connectivity index (χ0) is 12.1. The number of ether oxygens (including phenoxy) is 1. The molecule has 16 heavy (non-hydrogen) atoms. The highest BCUT2D eigenvalue weighted by atomic mass is 35.5. The summed E-state index contributed by atoms with van der Waals surface area (Å²) in [5, 5.41) is 8.01. The number of rotatable bonds is 5. The molecule has 3 nitrogen and oxygen atoms in total. The first-order valence-electron chi connectivity index (χ1n) is 5.29. The lowest BCUT2D eigenvalue weighted by Crippen LogP contribution is -2.25. The van der Waals surface area contributed by atoms with E-state index >= 15 is 0 Å². The molecule has 0 heterocycles. The lowest BCUT2D eigenvalue weighted by Gasteiger charge is -2.12. The molecule has 1 aromatic rings.